The van der Waals surface area contributed by atoms with Crippen molar-refractivity contribution < 1.29 is 13.7 Å². The minimum Gasteiger partial charge on any atom is -0.356 e. The van der Waals surface area contributed by atoms with E-state index in [1.54, 1.807) is 24.5 Å². The van der Waals surface area contributed by atoms with Crippen molar-refractivity contribution in [2.24, 2.45) is 0 Å². The molecule has 1 fully saturated rings. The van der Waals surface area contributed by atoms with Crippen LogP contribution in [-0.2, 0) is 4.79 Å². The van der Waals surface area contributed by atoms with Crippen LogP contribution < -0.4 is 0 Å². The summed E-state index contributed by atoms with van der Waals surface area (Å²) in [5.74, 6) is 0.775. The zero-order chi connectivity index (χ0) is 20.1. The van der Waals surface area contributed by atoms with Crippen molar-refractivity contribution in [2.45, 2.75) is 36.6 Å². The molecule has 2 aromatic heterocycles. The number of carbonyl (C=O) groups excluding carboxylic acids is 1. The third kappa shape index (κ3) is 4.85. The first-order valence-electron chi connectivity index (χ1n) is 9.75. The lowest BCUT2D eigenvalue weighted by atomic mass is 10.1. The number of halogens is 1. The first-order chi connectivity index (χ1) is 14.2. The molecule has 0 aliphatic carbocycles. The highest BCUT2D eigenvalue weighted by Crippen LogP contribution is 2.33. The molecule has 1 aliphatic heterocycles. The number of benzene rings is 1. The van der Waals surface area contributed by atoms with Gasteiger partial charge in [-0.05, 0) is 49.2 Å². The Morgan fingerprint density at radius 2 is 1.93 bits per heavy atom. The van der Waals surface area contributed by atoms with E-state index in [9.17, 15) is 9.18 Å². The zero-order valence-electron chi connectivity index (χ0n) is 16.0. The van der Waals surface area contributed by atoms with Crippen LogP contribution in [-0.4, -0.2) is 33.2 Å². The van der Waals surface area contributed by atoms with E-state index in [-0.39, 0.29) is 17.8 Å². The molecule has 7 heteroatoms. The van der Waals surface area contributed by atoms with Crippen molar-refractivity contribution in [3.05, 3.63) is 66.4 Å². The number of aromatic nitrogens is 2. The van der Waals surface area contributed by atoms with Gasteiger partial charge in [-0.1, -0.05) is 18.0 Å². The van der Waals surface area contributed by atoms with E-state index < -0.39 is 0 Å². The summed E-state index contributed by atoms with van der Waals surface area (Å²) in [6.07, 6.45) is 7.46. The molecule has 1 saturated heterocycles. The first-order valence-corrected chi connectivity index (χ1v) is 10.7. The second kappa shape index (κ2) is 9.22. The number of nitrogens with zero attached hydrogens (tertiary/aromatic N) is 3. The number of thioether (sulfide) groups is 1. The Kier molecular flexibility index (Phi) is 6.24. The Morgan fingerprint density at radius 1 is 1.14 bits per heavy atom. The van der Waals surface area contributed by atoms with Gasteiger partial charge in [-0.25, -0.2) is 4.39 Å². The van der Waals surface area contributed by atoms with Crippen molar-refractivity contribution in [1.82, 2.24) is 15.0 Å². The van der Waals surface area contributed by atoms with Gasteiger partial charge in [0, 0.05) is 35.5 Å². The molecule has 4 rings (SSSR count). The van der Waals surface area contributed by atoms with Gasteiger partial charge in [0.2, 0.25) is 5.91 Å². The normalized spacial score (nSPS) is 17.1. The maximum absolute atomic E-state index is 13.2. The molecule has 0 saturated carbocycles. The molecule has 0 N–H and O–H groups in total. The van der Waals surface area contributed by atoms with E-state index in [1.165, 1.54) is 23.9 Å². The molecule has 5 nitrogen and oxygen atoms in total. The van der Waals surface area contributed by atoms with Crippen LogP contribution in [0.5, 0.6) is 0 Å². The minimum absolute atomic E-state index is 0.0963. The fraction of sp³-hybridized carbons (Fsp3) is 0.318. The third-order valence-corrected chi connectivity index (χ3v) is 6.08. The average molecular weight is 412 g/mol. The topological polar surface area (TPSA) is 59.2 Å². The van der Waals surface area contributed by atoms with Gasteiger partial charge in [-0.15, -0.1) is 11.8 Å². The van der Waals surface area contributed by atoms with Gasteiger partial charge in [0.25, 0.3) is 0 Å². The molecule has 3 aromatic rings. The summed E-state index contributed by atoms with van der Waals surface area (Å²) < 4.78 is 18.7. The lowest BCUT2D eigenvalue weighted by Crippen LogP contribution is -2.36. The number of pyridine rings is 1. The molecule has 1 aliphatic rings. The van der Waals surface area contributed by atoms with E-state index in [2.05, 4.69) is 10.1 Å². The Morgan fingerprint density at radius 3 is 2.72 bits per heavy atom. The number of likely N-dealkylation sites (tertiary alicyclic amines) is 1. The van der Waals surface area contributed by atoms with Crippen molar-refractivity contribution in [1.29, 1.82) is 0 Å². The molecule has 29 heavy (non-hydrogen) atoms. The summed E-state index contributed by atoms with van der Waals surface area (Å²) in [6, 6.07) is 11.7. The Balaban J connectivity index is 1.50. The van der Waals surface area contributed by atoms with Gasteiger partial charge in [0.15, 0.2) is 5.76 Å². The fourth-order valence-electron chi connectivity index (χ4n) is 3.57. The third-order valence-electron chi connectivity index (χ3n) is 5.08. The summed E-state index contributed by atoms with van der Waals surface area (Å²) in [7, 11) is 0. The number of amides is 1. The van der Waals surface area contributed by atoms with Gasteiger partial charge >= 0.3 is 0 Å². The van der Waals surface area contributed by atoms with Crippen LogP contribution >= 0.6 is 11.8 Å². The maximum atomic E-state index is 13.2. The summed E-state index contributed by atoms with van der Waals surface area (Å²) in [5, 5.41) is 4.25. The quantitative estimate of drug-likeness (QED) is 0.546. The smallest absolute Gasteiger partial charge is 0.233 e. The molecule has 1 aromatic carbocycles. The second-order valence-electron chi connectivity index (χ2n) is 7.05. The molecule has 1 amide bonds. The minimum atomic E-state index is -0.291. The van der Waals surface area contributed by atoms with Crippen molar-refractivity contribution >= 4 is 17.7 Å². The lowest BCUT2D eigenvalue weighted by molar-refractivity contribution is -0.130. The second-order valence-corrected chi connectivity index (χ2v) is 8.10. The van der Waals surface area contributed by atoms with Gasteiger partial charge in [-0.3, -0.25) is 9.78 Å². The lowest BCUT2D eigenvalue weighted by Gasteiger charge is -2.28. The largest absolute Gasteiger partial charge is 0.356 e. The average Bonchev–Trinajstić information content (AvgIpc) is 3.11. The van der Waals surface area contributed by atoms with Crippen LogP contribution in [0, 0.1) is 5.82 Å². The summed E-state index contributed by atoms with van der Waals surface area (Å²) in [4.78, 5) is 20.0. The van der Waals surface area contributed by atoms with E-state index >= 15 is 0 Å². The zero-order valence-corrected chi connectivity index (χ0v) is 16.8. The molecule has 1 atom stereocenters. The van der Waals surface area contributed by atoms with Crippen molar-refractivity contribution in [3.63, 3.8) is 0 Å². The van der Waals surface area contributed by atoms with Gasteiger partial charge in [0.1, 0.15) is 11.5 Å². The molecular formula is C22H22FN3O2S. The van der Waals surface area contributed by atoms with Crippen LogP contribution in [0.1, 0.15) is 37.4 Å². The van der Waals surface area contributed by atoms with E-state index in [0.717, 1.165) is 48.4 Å². The highest BCUT2D eigenvalue weighted by atomic mass is 32.2. The predicted molar refractivity (Wildman–Crippen MR) is 110 cm³/mol. The first kappa shape index (κ1) is 19.6. The van der Waals surface area contributed by atoms with Gasteiger partial charge in [0.05, 0.1) is 11.8 Å². The summed E-state index contributed by atoms with van der Waals surface area (Å²) in [5.41, 5.74) is 1.53. The number of carbonyl (C=O) groups is 1. The van der Waals surface area contributed by atoms with Crippen LogP contribution in [0.25, 0.3) is 11.3 Å². The van der Waals surface area contributed by atoms with Crippen LogP contribution in [0.3, 0.4) is 0 Å². The Hall–Kier alpha value is -2.67. The van der Waals surface area contributed by atoms with Crippen LogP contribution in [0.2, 0.25) is 0 Å². The number of rotatable bonds is 5. The monoisotopic (exact) mass is 411 g/mol. The van der Waals surface area contributed by atoms with Crippen LogP contribution in [0.4, 0.5) is 4.39 Å². The van der Waals surface area contributed by atoms with Crippen molar-refractivity contribution in [2.75, 3.05) is 12.3 Å². The summed E-state index contributed by atoms with van der Waals surface area (Å²) in [6.45, 7) is 0.721. The molecule has 0 spiro atoms. The van der Waals surface area contributed by atoms with Crippen LogP contribution in [0.15, 0.2) is 64.3 Å². The van der Waals surface area contributed by atoms with Gasteiger partial charge in [-0.2, -0.15) is 0 Å². The standard InChI is InChI=1S/C22H22FN3O2S/c23-17-7-5-16(6-8-17)21-14-19(25-28-21)20-4-2-1-3-13-26(20)22(27)15-29-18-9-11-24-12-10-18/h5-12,14,20H,1-4,13,15H2/t20-/m0/s1. The molecule has 150 valence electrons. The van der Waals surface area contributed by atoms with E-state index in [4.69, 9.17) is 4.52 Å². The number of hydrogen-bond acceptors (Lipinski definition) is 5. The molecular weight excluding hydrogens is 389 g/mol. The fourth-order valence-corrected chi connectivity index (χ4v) is 4.34. The predicted octanol–water partition coefficient (Wildman–Crippen LogP) is 5.11. The van der Waals surface area contributed by atoms with Crippen molar-refractivity contribution in [3.8, 4) is 11.3 Å². The Bertz CT molecular complexity index is 946. The molecule has 0 bridgehead atoms. The Labute approximate surface area is 173 Å². The molecule has 0 radical (unpaired) electrons. The highest BCUT2D eigenvalue weighted by Gasteiger charge is 2.29. The van der Waals surface area contributed by atoms with E-state index in [0.29, 0.717) is 11.5 Å². The molecule has 3 heterocycles. The SMILES string of the molecule is O=C(CSc1ccncc1)N1CCCCC[C@H]1c1cc(-c2ccc(F)cc2)on1. The van der Waals surface area contributed by atoms with E-state index in [1.807, 2.05) is 23.1 Å². The molecule has 0 unspecified atom stereocenters. The number of hydrogen-bond donors (Lipinski definition) is 0. The summed E-state index contributed by atoms with van der Waals surface area (Å²) >= 11 is 1.52. The maximum Gasteiger partial charge on any atom is 0.233 e. The van der Waals surface area contributed by atoms with Gasteiger partial charge < -0.3 is 9.42 Å². The highest BCUT2D eigenvalue weighted by molar-refractivity contribution is 8.00.